The molecule has 1 aliphatic rings. The van der Waals surface area contributed by atoms with Crippen LogP contribution in [-0.4, -0.2) is 12.1 Å². The van der Waals surface area contributed by atoms with Crippen LogP contribution in [0.5, 0.6) is 0 Å². The molecule has 0 bridgehead atoms. The largest absolute Gasteiger partial charge is 0.311 e. The van der Waals surface area contributed by atoms with Crippen LogP contribution in [-0.2, 0) is 0 Å². The summed E-state index contributed by atoms with van der Waals surface area (Å²) in [6.07, 6.45) is 5.39. The summed E-state index contributed by atoms with van der Waals surface area (Å²) in [7, 11) is 0. The first-order valence-corrected chi connectivity index (χ1v) is 4.08. The van der Waals surface area contributed by atoms with Crippen LogP contribution < -0.4 is 5.32 Å². The molecule has 0 atom stereocenters. The fourth-order valence-corrected chi connectivity index (χ4v) is 1.20. The molecule has 0 spiro atoms. The minimum atomic E-state index is 0.593. The smallest absolute Gasteiger partial charge is 0.0180 e. The van der Waals surface area contributed by atoms with Crippen LogP contribution in [0, 0.1) is 0 Å². The summed E-state index contributed by atoms with van der Waals surface area (Å²) >= 11 is 0. The molecular formula is C8H17N. The van der Waals surface area contributed by atoms with Crippen LogP contribution in [0.2, 0.25) is 0 Å². The van der Waals surface area contributed by atoms with Crippen molar-refractivity contribution in [2.75, 3.05) is 6.54 Å². The molecule has 1 aliphatic carbocycles. The van der Waals surface area contributed by atoms with E-state index >= 15 is 0 Å². The van der Waals surface area contributed by atoms with E-state index in [1.54, 1.807) is 0 Å². The van der Waals surface area contributed by atoms with Gasteiger partial charge in [-0.25, -0.2) is 0 Å². The lowest BCUT2D eigenvalue weighted by molar-refractivity contribution is 0.483. The third-order valence-corrected chi connectivity index (χ3v) is 2.28. The van der Waals surface area contributed by atoms with E-state index in [-0.39, 0.29) is 0 Å². The maximum absolute atomic E-state index is 3.57. The normalized spacial score (nSPS) is 22.0. The van der Waals surface area contributed by atoms with Gasteiger partial charge in [0.05, 0.1) is 0 Å². The lowest BCUT2D eigenvalue weighted by atomic mass is 10.2. The summed E-state index contributed by atoms with van der Waals surface area (Å²) in [4.78, 5) is 0. The highest BCUT2D eigenvalue weighted by Crippen LogP contribution is 2.37. The van der Waals surface area contributed by atoms with Gasteiger partial charge in [-0.2, -0.15) is 0 Å². The van der Waals surface area contributed by atoms with Gasteiger partial charge >= 0.3 is 0 Å². The van der Waals surface area contributed by atoms with Crippen LogP contribution in [0.25, 0.3) is 0 Å². The second kappa shape index (κ2) is 2.70. The van der Waals surface area contributed by atoms with Gasteiger partial charge in [-0.3, -0.25) is 0 Å². The van der Waals surface area contributed by atoms with Gasteiger partial charge in [0.15, 0.2) is 0 Å². The molecule has 0 heterocycles. The predicted octanol–water partition coefficient (Wildman–Crippen LogP) is 1.93. The molecule has 1 rings (SSSR count). The SMILES string of the molecule is CCCNC1(CC)CC1. The highest BCUT2D eigenvalue weighted by Gasteiger charge is 2.39. The van der Waals surface area contributed by atoms with Crippen molar-refractivity contribution < 1.29 is 0 Å². The Morgan fingerprint density at radius 3 is 2.33 bits per heavy atom. The molecule has 1 nitrogen and oxygen atoms in total. The zero-order valence-corrected chi connectivity index (χ0v) is 6.54. The third-order valence-electron chi connectivity index (χ3n) is 2.28. The Labute approximate surface area is 57.8 Å². The van der Waals surface area contributed by atoms with Crippen molar-refractivity contribution in [1.82, 2.24) is 5.32 Å². The number of hydrogen-bond acceptors (Lipinski definition) is 1. The maximum atomic E-state index is 3.57. The standard InChI is InChI=1S/C8H17N/c1-3-7-9-8(4-2)5-6-8/h9H,3-7H2,1-2H3. The fourth-order valence-electron chi connectivity index (χ4n) is 1.20. The molecule has 9 heavy (non-hydrogen) atoms. The van der Waals surface area contributed by atoms with E-state index in [1.807, 2.05) is 0 Å². The van der Waals surface area contributed by atoms with Gasteiger partial charge in [0.25, 0.3) is 0 Å². The van der Waals surface area contributed by atoms with Gasteiger partial charge in [0.2, 0.25) is 0 Å². The van der Waals surface area contributed by atoms with Crippen LogP contribution >= 0.6 is 0 Å². The molecule has 0 aliphatic heterocycles. The molecule has 0 saturated heterocycles. The lowest BCUT2D eigenvalue weighted by Crippen LogP contribution is -2.30. The van der Waals surface area contributed by atoms with Crippen molar-refractivity contribution >= 4 is 0 Å². The summed E-state index contributed by atoms with van der Waals surface area (Å²) < 4.78 is 0. The number of hydrogen-bond donors (Lipinski definition) is 1. The number of nitrogens with one attached hydrogen (secondary N) is 1. The second-order valence-electron chi connectivity index (χ2n) is 3.06. The maximum Gasteiger partial charge on any atom is 0.0180 e. The molecule has 0 unspecified atom stereocenters. The van der Waals surface area contributed by atoms with Crippen molar-refractivity contribution in [3.05, 3.63) is 0 Å². The van der Waals surface area contributed by atoms with E-state index in [1.165, 1.54) is 32.2 Å². The summed E-state index contributed by atoms with van der Waals surface area (Å²) in [5, 5.41) is 3.57. The van der Waals surface area contributed by atoms with Crippen LogP contribution in [0.1, 0.15) is 39.5 Å². The monoisotopic (exact) mass is 127 g/mol. The van der Waals surface area contributed by atoms with Crippen molar-refractivity contribution in [3.8, 4) is 0 Å². The average Bonchev–Trinajstić information content (AvgIpc) is 2.65. The van der Waals surface area contributed by atoms with Crippen molar-refractivity contribution in [1.29, 1.82) is 0 Å². The van der Waals surface area contributed by atoms with E-state index in [2.05, 4.69) is 19.2 Å². The zero-order valence-electron chi connectivity index (χ0n) is 6.54. The van der Waals surface area contributed by atoms with Crippen LogP contribution in [0.3, 0.4) is 0 Å². The molecule has 0 radical (unpaired) electrons. The van der Waals surface area contributed by atoms with Crippen molar-refractivity contribution in [2.45, 2.75) is 45.1 Å². The molecule has 0 aromatic carbocycles. The fraction of sp³-hybridized carbons (Fsp3) is 1.00. The second-order valence-corrected chi connectivity index (χ2v) is 3.06. The Balaban J connectivity index is 2.10. The zero-order chi connectivity index (χ0) is 6.74. The topological polar surface area (TPSA) is 12.0 Å². The van der Waals surface area contributed by atoms with Crippen LogP contribution in [0.15, 0.2) is 0 Å². The molecule has 1 heteroatoms. The molecule has 1 fully saturated rings. The van der Waals surface area contributed by atoms with Gasteiger partial charge in [0, 0.05) is 5.54 Å². The predicted molar refractivity (Wildman–Crippen MR) is 40.5 cm³/mol. The summed E-state index contributed by atoms with van der Waals surface area (Å²) in [5.41, 5.74) is 0.593. The Bertz CT molecular complexity index is 84.6. The summed E-state index contributed by atoms with van der Waals surface area (Å²) in [6.45, 7) is 5.70. The average molecular weight is 127 g/mol. The molecule has 0 aromatic rings. The van der Waals surface area contributed by atoms with Gasteiger partial charge in [0.1, 0.15) is 0 Å². The van der Waals surface area contributed by atoms with Crippen molar-refractivity contribution in [3.63, 3.8) is 0 Å². The van der Waals surface area contributed by atoms with Crippen molar-refractivity contribution in [2.24, 2.45) is 0 Å². The van der Waals surface area contributed by atoms with E-state index in [0.717, 1.165) is 0 Å². The molecular weight excluding hydrogens is 110 g/mol. The number of rotatable bonds is 4. The Morgan fingerprint density at radius 2 is 2.00 bits per heavy atom. The van der Waals surface area contributed by atoms with E-state index in [9.17, 15) is 0 Å². The molecule has 1 saturated carbocycles. The van der Waals surface area contributed by atoms with E-state index in [4.69, 9.17) is 0 Å². The minimum Gasteiger partial charge on any atom is -0.311 e. The molecule has 0 aromatic heterocycles. The van der Waals surface area contributed by atoms with Gasteiger partial charge in [-0.15, -0.1) is 0 Å². The van der Waals surface area contributed by atoms with Gasteiger partial charge in [-0.05, 0) is 32.2 Å². The Kier molecular flexibility index (Phi) is 2.12. The van der Waals surface area contributed by atoms with Gasteiger partial charge < -0.3 is 5.32 Å². The Hall–Kier alpha value is -0.0400. The molecule has 0 amide bonds. The first-order chi connectivity index (χ1) is 4.33. The Morgan fingerprint density at radius 1 is 1.33 bits per heavy atom. The first kappa shape index (κ1) is 7.07. The molecule has 54 valence electrons. The quantitative estimate of drug-likeness (QED) is 0.608. The van der Waals surface area contributed by atoms with E-state index < -0.39 is 0 Å². The highest BCUT2D eigenvalue weighted by atomic mass is 15.0. The van der Waals surface area contributed by atoms with E-state index in [0.29, 0.717) is 5.54 Å². The highest BCUT2D eigenvalue weighted by molar-refractivity contribution is 5.00. The molecule has 1 N–H and O–H groups in total. The van der Waals surface area contributed by atoms with Gasteiger partial charge in [-0.1, -0.05) is 13.8 Å². The first-order valence-electron chi connectivity index (χ1n) is 4.08. The summed E-state index contributed by atoms with van der Waals surface area (Å²) in [5.74, 6) is 0. The van der Waals surface area contributed by atoms with Crippen LogP contribution in [0.4, 0.5) is 0 Å². The lowest BCUT2D eigenvalue weighted by Gasteiger charge is -2.12. The summed E-state index contributed by atoms with van der Waals surface area (Å²) in [6, 6.07) is 0. The minimum absolute atomic E-state index is 0.593. The third kappa shape index (κ3) is 1.68.